The molecule has 7 heteroatoms. The first-order valence-corrected chi connectivity index (χ1v) is 5.96. The monoisotopic (exact) mass is 289 g/mol. The molecule has 2 aromatic carbocycles. The Kier molecular flexibility index (Phi) is 3.84. The zero-order chi connectivity index (χ0) is 15.6. The predicted octanol–water partition coefficient (Wildman–Crippen LogP) is 3.12. The Morgan fingerprint density at radius 1 is 1.38 bits per heavy atom. The van der Waals surface area contributed by atoms with Gasteiger partial charge in [-0.15, -0.1) is 0 Å². The molecule has 0 fully saturated rings. The Bertz CT molecular complexity index is 731. The summed E-state index contributed by atoms with van der Waals surface area (Å²) >= 11 is 0. The topological polar surface area (TPSA) is 102 Å². The van der Waals surface area contributed by atoms with Crippen LogP contribution >= 0.6 is 0 Å². The zero-order valence-electron chi connectivity index (χ0n) is 11.1. The van der Waals surface area contributed by atoms with Crippen molar-refractivity contribution in [2.75, 3.05) is 0 Å². The van der Waals surface area contributed by atoms with Gasteiger partial charge >= 0.3 is 5.69 Å². The highest BCUT2D eigenvalue weighted by molar-refractivity contribution is 5.95. The second-order valence-corrected chi connectivity index (χ2v) is 4.34. The lowest BCUT2D eigenvalue weighted by molar-refractivity contribution is -0.385. The lowest BCUT2D eigenvalue weighted by Gasteiger charge is -2.10. The molecule has 21 heavy (non-hydrogen) atoms. The van der Waals surface area contributed by atoms with E-state index >= 15 is 0 Å². The van der Waals surface area contributed by atoms with Crippen LogP contribution in [-0.4, -0.2) is 10.8 Å². The maximum atomic E-state index is 13.9. The second kappa shape index (κ2) is 5.58. The summed E-state index contributed by atoms with van der Waals surface area (Å²) in [6.07, 6.45) is 0. The minimum Gasteiger partial charge on any atom is -0.447 e. The van der Waals surface area contributed by atoms with Crippen LogP contribution in [0, 0.1) is 28.3 Å². The molecule has 0 unspecified atom stereocenters. The maximum absolute atomic E-state index is 13.9. The average molecular weight is 289 g/mol. The quantitative estimate of drug-likeness (QED) is 0.390. The van der Waals surface area contributed by atoms with Crippen molar-refractivity contribution in [2.45, 2.75) is 6.92 Å². The number of rotatable bonds is 4. The maximum Gasteiger partial charge on any atom is 0.311 e. The molecule has 0 atom stereocenters. The summed E-state index contributed by atoms with van der Waals surface area (Å²) < 4.78 is 19.3. The van der Waals surface area contributed by atoms with Crippen LogP contribution < -0.4 is 10.5 Å². The van der Waals surface area contributed by atoms with Gasteiger partial charge in [-0.3, -0.25) is 15.5 Å². The number of nitrogens with one attached hydrogen (secondary N) is 1. The fourth-order valence-corrected chi connectivity index (χ4v) is 1.77. The number of hydrogen-bond acceptors (Lipinski definition) is 4. The normalized spacial score (nSPS) is 10.2. The summed E-state index contributed by atoms with van der Waals surface area (Å²) in [4.78, 5) is 10.4. The van der Waals surface area contributed by atoms with E-state index in [1.54, 1.807) is 13.0 Å². The van der Waals surface area contributed by atoms with Crippen molar-refractivity contribution in [3.8, 4) is 11.5 Å². The molecule has 0 bridgehead atoms. The van der Waals surface area contributed by atoms with Gasteiger partial charge in [0, 0.05) is 11.6 Å². The van der Waals surface area contributed by atoms with Gasteiger partial charge in [-0.2, -0.15) is 0 Å². The number of benzene rings is 2. The molecule has 6 nitrogen and oxygen atoms in total. The van der Waals surface area contributed by atoms with E-state index in [9.17, 15) is 14.5 Å². The van der Waals surface area contributed by atoms with Crippen molar-refractivity contribution < 1.29 is 14.1 Å². The van der Waals surface area contributed by atoms with Gasteiger partial charge in [-0.05, 0) is 30.7 Å². The number of aryl methyl sites for hydroxylation is 1. The van der Waals surface area contributed by atoms with Crippen LogP contribution in [0.3, 0.4) is 0 Å². The number of para-hydroxylation sites is 1. The van der Waals surface area contributed by atoms with Gasteiger partial charge in [0.25, 0.3) is 0 Å². The second-order valence-electron chi connectivity index (χ2n) is 4.34. The van der Waals surface area contributed by atoms with E-state index in [1.165, 1.54) is 24.3 Å². The Labute approximate surface area is 119 Å². The van der Waals surface area contributed by atoms with Gasteiger partial charge in [0.05, 0.1) is 4.92 Å². The van der Waals surface area contributed by atoms with E-state index < -0.39 is 10.7 Å². The van der Waals surface area contributed by atoms with Gasteiger partial charge in [0.2, 0.25) is 5.75 Å². The van der Waals surface area contributed by atoms with Crippen LogP contribution in [0.4, 0.5) is 10.1 Å². The minimum atomic E-state index is -0.750. The molecule has 0 aliphatic carbocycles. The Morgan fingerprint density at radius 2 is 2.10 bits per heavy atom. The molecule has 0 spiro atoms. The molecule has 2 aromatic rings. The van der Waals surface area contributed by atoms with Crippen LogP contribution in [0.5, 0.6) is 11.5 Å². The minimum absolute atomic E-state index is 0.0167. The third kappa shape index (κ3) is 2.97. The number of amidine groups is 1. The van der Waals surface area contributed by atoms with Crippen molar-refractivity contribution in [3.05, 3.63) is 63.5 Å². The summed E-state index contributed by atoms with van der Waals surface area (Å²) in [6.45, 7) is 1.63. The molecular weight excluding hydrogens is 277 g/mol. The molecule has 0 aliphatic rings. The van der Waals surface area contributed by atoms with Crippen molar-refractivity contribution in [2.24, 2.45) is 5.73 Å². The highest BCUT2D eigenvalue weighted by Gasteiger charge is 2.19. The van der Waals surface area contributed by atoms with Gasteiger partial charge in [0.15, 0.2) is 11.6 Å². The number of nitrogens with zero attached hydrogens (tertiary/aromatic N) is 1. The van der Waals surface area contributed by atoms with Crippen molar-refractivity contribution in [3.63, 3.8) is 0 Å². The molecule has 0 saturated heterocycles. The zero-order valence-corrected chi connectivity index (χ0v) is 11.1. The standard InChI is InChI=1S/C14H12FN3O3/c1-8-3-2-4-11(18(19)20)13(8)21-12-6-5-9(14(16)17)7-10(12)15/h2-7H,1H3,(H3,16,17). The summed E-state index contributed by atoms with van der Waals surface area (Å²) in [5.41, 5.74) is 5.74. The number of nitro groups is 1. The molecule has 0 radical (unpaired) electrons. The number of hydrogen-bond donors (Lipinski definition) is 2. The summed E-state index contributed by atoms with van der Waals surface area (Å²) in [6, 6.07) is 8.17. The molecule has 108 valence electrons. The average Bonchev–Trinajstić information content (AvgIpc) is 2.42. The van der Waals surface area contributed by atoms with Gasteiger partial charge < -0.3 is 10.5 Å². The van der Waals surface area contributed by atoms with Crippen molar-refractivity contribution >= 4 is 11.5 Å². The van der Waals surface area contributed by atoms with Gasteiger partial charge in [0.1, 0.15) is 5.84 Å². The third-order valence-corrected chi connectivity index (χ3v) is 2.84. The lowest BCUT2D eigenvalue weighted by atomic mass is 10.1. The fourth-order valence-electron chi connectivity index (χ4n) is 1.77. The highest BCUT2D eigenvalue weighted by Crippen LogP contribution is 2.35. The Balaban J connectivity index is 2.44. The Morgan fingerprint density at radius 3 is 2.67 bits per heavy atom. The fraction of sp³-hybridized carbons (Fsp3) is 0.0714. The van der Waals surface area contributed by atoms with Crippen LogP contribution in [0.2, 0.25) is 0 Å². The number of nitrogen functional groups attached to an aromatic ring is 1. The molecular formula is C14H12FN3O3. The first-order chi connectivity index (χ1) is 9.90. The number of nitro benzene ring substituents is 1. The first kappa shape index (κ1) is 14.4. The van der Waals surface area contributed by atoms with Crippen LogP contribution in [0.1, 0.15) is 11.1 Å². The highest BCUT2D eigenvalue weighted by atomic mass is 19.1. The number of ether oxygens (including phenoxy) is 1. The summed E-state index contributed by atoms with van der Waals surface area (Å²) in [5.74, 6) is -1.21. The molecule has 0 heterocycles. The van der Waals surface area contributed by atoms with Gasteiger partial charge in [-0.25, -0.2) is 4.39 Å². The largest absolute Gasteiger partial charge is 0.447 e. The van der Waals surface area contributed by atoms with Crippen LogP contribution in [-0.2, 0) is 0 Å². The molecule has 0 amide bonds. The molecule has 3 N–H and O–H groups in total. The van der Waals surface area contributed by atoms with E-state index in [-0.39, 0.29) is 28.6 Å². The number of nitrogens with two attached hydrogens (primary N) is 1. The molecule has 0 saturated carbocycles. The predicted molar refractivity (Wildman–Crippen MR) is 75.3 cm³/mol. The van der Waals surface area contributed by atoms with E-state index in [0.29, 0.717) is 5.56 Å². The first-order valence-electron chi connectivity index (χ1n) is 5.96. The third-order valence-electron chi connectivity index (χ3n) is 2.84. The molecule has 0 aliphatic heterocycles. The van der Waals surface area contributed by atoms with E-state index in [1.807, 2.05) is 0 Å². The van der Waals surface area contributed by atoms with E-state index in [4.69, 9.17) is 15.9 Å². The molecule has 2 rings (SSSR count). The van der Waals surface area contributed by atoms with E-state index in [2.05, 4.69) is 0 Å². The summed E-state index contributed by atoms with van der Waals surface area (Å²) in [7, 11) is 0. The van der Waals surface area contributed by atoms with Gasteiger partial charge in [-0.1, -0.05) is 12.1 Å². The van der Waals surface area contributed by atoms with Crippen LogP contribution in [0.15, 0.2) is 36.4 Å². The van der Waals surface area contributed by atoms with Crippen molar-refractivity contribution in [1.29, 1.82) is 5.41 Å². The summed E-state index contributed by atoms with van der Waals surface area (Å²) in [5, 5.41) is 18.2. The van der Waals surface area contributed by atoms with Crippen LogP contribution in [0.25, 0.3) is 0 Å². The Hall–Kier alpha value is -2.96. The molecule has 0 aromatic heterocycles. The van der Waals surface area contributed by atoms with Crippen molar-refractivity contribution in [1.82, 2.24) is 0 Å². The lowest BCUT2D eigenvalue weighted by Crippen LogP contribution is -2.11. The number of halogens is 1. The van der Waals surface area contributed by atoms with E-state index in [0.717, 1.165) is 6.07 Å². The SMILES string of the molecule is Cc1cccc([N+](=O)[O-])c1Oc1ccc(C(=N)N)cc1F. The smallest absolute Gasteiger partial charge is 0.311 e.